The molecule has 3 rings (SSSR count). The van der Waals surface area contributed by atoms with E-state index < -0.39 is 6.10 Å². The SMILES string of the molecule is CCc1nc2ccccc2n1C[C@H](O)COc1cc(C)ccc1Cl. The van der Waals surface area contributed by atoms with Crippen LogP contribution in [0.15, 0.2) is 42.5 Å². The van der Waals surface area contributed by atoms with Gasteiger partial charge in [0.05, 0.1) is 22.6 Å². The maximum Gasteiger partial charge on any atom is 0.138 e. The number of aliphatic hydroxyl groups excluding tert-OH is 1. The van der Waals surface area contributed by atoms with Gasteiger partial charge in [-0.2, -0.15) is 0 Å². The molecule has 0 aliphatic carbocycles. The third-order valence-corrected chi connectivity index (χ3v) is 4.27. The summed E-state index contributed by atoms with van der Waals surface area (Å²) in [4.78, 5) is 4.62. The van der Waals surface area contributed by atoms with Gasteiger partial charge in [-0.1, -0.05) is 36.7 Å². The number of aliphatic hydroxyl groups is 1. The molecule has 0 fully saturated rings. The molecule has 1 aromatic heterocycles. The van der Waals surface area contributed by atoms with Crippen molar-refractivity contribution in [3.8, 4) is 5.75 Å². The summed E-state index contributed by atoms with van der Waals surface area (Å²) in [5, 5.41) is 11.0. The first-order chi connectivity index (χ1) is 11.6. The number of imidazole rings is 1. The summed E-state index contributed by atoms with van der Waals surface area (Å²) in [6.45, 7) is 4.66. The molecule has 0 radical (unpaired) electrons. The number of para-hydroxylation sites is 2. The molecule has 0 aliphatic rings. The molecule has 0 amide bonds. The van der Waals surface area contributed by atoms with Crippen molar-refractivity contribution in [2.45, 2.75) is 32.9 Å². The zero-order valence-electron chi connectivity index (χ0n) is 13.9. The van der Waals surface area contributed by atoms with Gasteiger partial charge in [-0.25, -0.2) is 4.98 Å². The van der Waals surface area contributed by atoms with Gasteiger partial charge < -0.3 is 14.4 Å². The molecular weight excluding hydrogens is 324 g/mol. The van der Waals surface area contributed by atoms with Crippen molar-refractivity contribution in [2.24, 2.45) is 0 Å². The average Bonchev–Trinajstić information content (AvgIpc) is 2.93. The monoisotopic (exact) mass is 344 g/mol. The second-order valence-electron chi connectivity index (χ2n) is 5.88. The number of nitrogens with zero attached hydrogens (tertiary/aromatic N) is 2. The van der Waals surface area contributed by atoms with Crippen molar-refractivity contribution >= 4 is 22.6 Å². The van der Waals surface area contributed by atoms with E-state index in [1.165, 1.54) is 0 Å². The first-order valence-electron chi connectivity index (χ1n) is 8.09. The fourth-order valence-corrected chi connectivity index (χ4v) is 2.94. The minimum absolute atomic E-state index is 0.179. The molecular formula is C19H21ClN2O2. The van der Waals surface area contributed by atoms with E-state index in [9.17, 15) is 5.11 Å². The second kappa shape index (κ2) is 7.24. The highest BCUT2D eigenvalue weighted by Gasteiger charge is 2.14. The highest BCUT2D eigenvalue weighted by Crippen LogP contribution is 2.25. The molecule has 2 aromatic carbocycles. The van der Waals surface area contributed by atoms with E-state index in [0.29, 0.717) is 17.3 Å². The van der Waals surface area contributed by atoms with Crippen LogP contribution in [-0.2, 0) is 13.0 Å². The van der Waals surface area contributed by atoms with Gasteiger partial charge in [0.25, 0.3) is 0 Å². The van der Waals surface area contributed by atoms with Crippen molar-refractivity contribution in [3.63, 3.8) is 0 Å². The van der Waals surface area contributed by atoms with Gasteiger partial charge >= 0.3 is 0 Å². The summed E-state index contributed by atoms with van der Waals surface area (Å²) in [6, 6.07) is 13.6. The van der Waals surface area contributed by atoms with Crippen molar-refractivity contribution in [1.29, 1.82) is 0 Å². The molecule has 0 saturated heterocycles. The van der Waals surface area contributed by atoms with Crippen LogP contribution in [0.3, 0.4) is 0 Å². The van der Waals surface area contributed by atoms with Crippen LogP contribution >= 0.6 is 11.6 Å². The summed E-state index contributed by atoms with van der Waals surface area (Å²) in [5.74, 6) is 1.56. The van der Waals surface area contributed by atoms with Gasteiger partial charge in [0.15, 0.2) is 0 Å². The topological polar surface area (TPSA) is 47.3 Å². The molecule has 1 atom stereocenters. The summed E-state index contributed by atoms with van der Waals surface area (Å²) in [6.07, 6.45) is 0.163. The van der Waals surface area contributed by atoms with Crippen LogP contribution in [0.25, 0.3) is 11.0 Å². The lowest BCUT2D eigenvalue weighted by molar-refractivity contribution is 0.0928. The number of halogens is 1. The van der Waals surface area contributed by atoms with Crippen molar-refractivity contribution in [1.82, 2.24) is 9.55 Å². The molecule has 5 heteroatoms. The first kappa shape index (κ1) is 16.8. The van der Waals surface area contributed by atoms with E-state index in [0.717, 1.165) is 28.8 Å². The third-order valence-electron chi connectivity index (χ3n) is 3.96. The van der Waals surface area contributed by atoms with E-state index >= 15 is 0 Å². The number of hydrogen-bond donors (Lipinski definition) is 1. The van der Waals surface area contributed by atoms with Crippen LogP contribution in [0.4, 0.5) is 0 Å². The quantitative estimate of drug-likeness (QED) is 0.735. The molecule has 3 aromatic rings. The maximum absolute atomic E-state index is 10.4. The van der Waals surface area contributed by atoms with Gasteiger partial charge in [-0.15, -0.1) is 0 Å². The highest BCUT2D eigenvalue weighted by molar-refractivity contribution is 6.32. The van der Waals surface area contributed by atoms with E-state index in [1.54, 1.807) is 6.07 Å². The molecule has 24 heavy (non-hydrogen) atoms. The van der Waals surface area contributed by atoms with Gasteiger partial charge in [0.1, 0.15) is 24.3 Å². The van der Waals surface area contributed by atoms with Crippen LogP contribution in [0.2, 0.25) is 5.02 Å². The zero-order valence-corrected chi connectivity index (χ0v) is 14.6. The fourth-order valence-electron chi connectivity index (χ4n) is 2.77. The molecule has 0 aliphatic heterocycles. The maximum atomic E-state index is 10.4. The normalized spacial score (nSPS) is 12.5. The van der Waals surface area contributed by atoms with E-state index in [4.69, 9.17) is 16.3 Å². The minimum atomic E-state index is -0.649. The van der Waals surface area contributed by atoms with Crippen LogP contribution < -0.4 is 4.74 Å². The number of ether oxygens (including phenoxy) is 1. The molecule has 1 N–H and O–H groups in total. The smallest absolute Gasteiger partial charge is 0.138 e. The summed E-state index contributed by atoms with van der Waals surface area (Å²) in [5.41, 5.74) is 3.05. The van der Waals surface area contributed by atoms with Gasteiger partial charge in [0.2, 0.25) is 0 Å². The minimum Gasteiger partial charge on any atom is -0.489 e. The Morgan fingerprint density at radius 2 is 2.04 bits per heavy atom. The van der Waals surface area contributed by atoms with Crippen molar-refractivity contribution < 1.29 is 9.84 Å². The van der Waals surface area contributed by atoms with E-state index in [2.05, 4.69) is 16.5 Å². The van der Waals surface area contributed by atoms with Crippen molar-refractivity contribution in [2.75, 3.05) is 6.61 Å². The summed E-state index contributed by atoms with van der Waals surface area (Å²) >= 11 is 6.13. The standard InChI is InChI=1S/C19H21ClN2O2/c1-3-19-21-16-6-4-5-7-17(16)22(19)11-14(23)12-24-18-10-13(2)8-9-15(18)20/h4-10,14,23H,3,11-12H2,1-2H3/t14-/m0/s1. The lowest BCUT2D eigenvalue weighted by Crippen LogP contribution is -2.24. The zero-order chi connectivity index (χ0) is 17.1. The van der Waals surface area contributed by atoms with Crippen LogP contribution in [0.1, 0.15) is 18.3 Å². The Labute approximate surface area is 146 Å². The Bertz CT molecular complexity index is 844. The largest absolute Gasteiger partial charge is 0.489 e. The molecule has 0 bridgehead atoms. The Morgan fingerprint density at radius 1 is 1.25 bits per heavy atom. The van der Waals surface area contributed by atoms with Crippen LogP contribution in [0.5, 0.6) is 5.75 Å². The predicted molar refractivity (Wildman–Crippen MR) is 96.8 cm³/mol. The molecule has 4 nitrogen and oxygen atoms in total. The lowest BCUT2D eigenvalue weighted by Gasteiger charge is -2.16. The molecule has 1 heterocycles. The summed E-state index contributed by atoms with van der Waals surface area (Å²) in [7, 11) is 0. The predicted octanol–water partition coefficient (Wildman–Crippen LogP) is 4.00. The third kappa shape index (κ3) is 3.55. The van der Waals surface area contributed by atoms with Crippen LogP contribution in [-0.4, -0.2) is 27.4 Å². The Balaban J connectivity index is 1.73. The number of fused-ring (bicyclic) bond motifs is 1. The number of hydrogen-bond acceptors (Lipinski definition) is 3. The highest BCUT2D eigenvalue weighted by atomic mass is 35.5. The Morgan fingerprint density at radius 3 is 2.83 bits per heavy atom. The van der Waals surface area contributed by atoms with Gasteiger partial charge in [0, 0.05) is 6.42 Å². The van der Waals surface area contributed by atoms with Crippen molar-refractivity contribution in [3.05, 3.63) is 58.9 Å². The number of aryl methyl sites for hydroxylation is 2. The Kier molecular flexibility index (Phi) is 5.07. The Hall–Kier alpha value is -2.04. The summed E-state index contributed by atoms with van der Waals surface area (Å²) < 4.78 is 7.75. The van der Waals surface area contributed by atoms with Crippen LogP contribution in [0, 0.1) is 6.92 Å². The number of rotatable bonds is 6. The molecule has 126 valence electrons. The second-order valence-corrected chi connectivity index (χ2v) is 6.29. The fraction of sp³-hybridized carbons (Fsp3) is 0.316. The van der Waals surface area contributed by atoms with Gasteiger partial charge in [-0.3, -0.25) is 0 Å². The average molecular weight is 345 g/mol. The molecule has 0 saturated carbocycles. The van der Waals surface area contributed by atoms with E-state index in [-0.39, 0.29) is 6.61 Å². The number of benzene rings is 2. The number of aromatic nitrogens is 2. The first-order valence-corrected chi connectivity index (χ1v) is 8.47. The van der Waals surface area contributed by atoms with Gasteiger partial charge in [-0.05, 0) is 36.8 Å². The molecule has 0 unspecified atom stereocenters. The lowest BCUT2D eigenvalue weighted by atomic mass is 10.2. The van der Waals surface area contributed by atoms with E-state index in [1.807, 2.05) is 43.3 Å². The molecule has 0 spiro atoms.